The van der Waals surface area contributed by atoms with Crippen LogP contribution in [0.1, 0.15) is 79.1 Å². The van der Waals surface area contributed by atoms with Gasteiger partial charge in [-0.2, -0.15) is 0 Å². The zero-order valence-electron chi connectivity index (χ0n) is 17.2. The third-order valence-corrected chi connectivity index (χ3v) is 10.1. The van der Waals surface area contributed by atoms with Gasteiger partial charge in [-0.05, 0) is 91.3 Å². The summed E-state index contributed by atoms with van der Waals surface area (Å²) >= 11 is 0. The van der Waals surface area contributed by atoms with Gasteiger partial charge in [-0.25, -0.2) is 0 Å². The molecule has 0 heterocycles. The van der Waals surface area contributed by atoms with E-state index in [-0.39, 0.29) is 41.0 Å². The number of fused-ring (bicyclic) bond motifs is 4. The topological polar surface area (TPSA) is 60.7 Å². The normalized spacial score (nSPS) is 57.8. The Bertz CT molecular complexity index is 536. The fourth-order valence-corrected chi connectivity index (χ4v) is 8.33. The lowest BCUT2D eigenvalue weighted by Gasteiger charge is -2.64. The number of rotatable bonds is 2. The molecule has 150 valence electrons. The van der Waals surface area contributed by atoms with Gasteiger partial charge in [-0.3, -0.25) is 0 Å². The summed E-state index contributed by atoms with van der Waals surface area (Å²) in [5.41, 5.74) is 0.0659. The molecule has 0 spiro atoms. The van der Waals surface area contributed by atoms with E-state index in [0.29, 0.717) is 23.7 Å². The van der Waals surface area contributed by atoms with Gasteiger partial charge in [0.05, 0.1) is 18.3 Å². The minimum absolute atomic E-state index is 0.00270. The van der Waals surface area contributed by atoms with Gasteiger partial charge in [0.15, 0.2) is 0 Å². The fraction of sp³-hybridized carbons (Fsp3) is 1.00. The number of aliphatic hydroxyl groups is 3. The Morgan fingerprint density at radius 3 is 2.38 bits per heavy atom. The van der Waals surface area contributed by atoms with E-state index in [1.54, 1.807) is 0 Å². The Morgan fingerprint density at radius 2 is 1.69 bits per heavy atom. The summed E-state index contributed by atoms with van der Waals surface area (Å²) < 4.78 is 0. The fourth-order valence-electron chi connectivity index (χ4n) is 8.33. The smallest absolute Gasteiger partial charge is 0.0636 e. The number of aliphatic hydroxyl groups excluding tert-OH is 3. The third-order valence-electron chi connectivity index (χ3n) is 10.1. The van der Waals surface area contributed by atoms with E-state index in [2.05, 4.69) is 27.7 Å². The molecule has 4 rings (SSSR count). The molecule has 0 amide bonds. The molecule has 3 nitrogen and oxygen atoms in total. The van der Waals surface area contributed by atoms with Crippen LogP contribution in [-0.2, 0) is 0 Å². The second-order valence-corrected chi connectivity index (χ2v) is 10.9. The molecule has 4 aliphatic carbocycles. The molecule has 3 N–H and O–H groups in total. The molecule has 4 saturated carbocycles. The minimum atomic E-state index is -0.314. The van der Waals surface area contributed by atoms with E-state index < -0.39 is 0 Å². The van der Waals surface area contributed by atoms with Gasteiger partial charge in [0.25, 0.3) is 0 Å². The Morgan fingerprint density at radius 1 is 0.962 bits per heavy atom. The molecule has 4 aliphatic rings. The number of hydrogen-bond acceptors (Lipinski definition) is 3. The van der Waals surface area contributed by atoms with Crippen LogP contribution in [0.25, 0.3) is 0 Å². The van der Waals surface area contributed by atoms with Gasteiger partial charge < -0.3 is 15.3 Å². The summed E-state index contributed by atoms with van der Waals surface area (Å²) in [4.78, 5) is 0. The monoisotopic (exact) mass is 364 g/mol. The maximum Gasteiger partial charge on any atom is 0.0636 e. The summed E-state index contributed by atoms with van der Waals surface area (Å²) in [7, 11) is 0. The van der Waals surface area contributed by atoms with Gasteiger partial charge >= 0.3 is 0 Å². The summed E-state index contributed by atoms with van der Waals surface area (Å²) in [5, 5.41) is 33.1. The van der Waals surface area contributed by atoms with Crippen LogP contribution in [0, 0.1) is 46.3 Å². The summed E-state index contributed by atoms with van der Waals surface area (Å²) in [6, 6.07) is 0. The van der Waals surface area contributed by atoms with Crippen molar-refractivity contribution < 1.29 is 15.3 Å². The predicted molar refractivity (Wildman–Crippen MR) is 103 cm³/mol. The van der Waals surface area contributed by atoms with E-state index in [0.717, 1.165) is 32.1 Å². The molecule has 0 aromatic heterocycles. The Hall–Kier alpha value is -0.120. The molecule has 3 heteroatoms. The predicted octanol–water partition coefficient (Wildman–Crippen LogP) is 3.99. The highest BCUT2D eigenvalue weighted by molar-refractivity contribution is 5.14. The largest absolute Gasteiger partial charge is 0.393 e. The lowest BCUT2D eigenvalue weighted by Crippen LogP contribution is -2.64. The second kappa shape index (κ2) is 6.46. The van der Waals surface area contributed by atoms with E-state index in [4.69, 9.17) is 0 Å². The summed E-state index contributed by atoms with van der Waals surface area (Å²) in [6.07, 6.45) is 7.37. The number of hydrogen-bond donors (Lipinski definition) is 3. The van der Waals surface area contributed by atoms with Crippen molar-refractivity contribution in [1.82, 2.24) is 0 Å². The standard InChI is InChI=1S/C23H40O3/c1-5-13(2)18-7-6-14-11-17-19(25)12-15-10-16(24)8-9-22(15,3)20(17)21(26)23(14,18)4/h13-21,24-26H,5-12H2,1-4H3/t13-,14?,15?,16-,17?,18?,19-,20?,21+,22+,23+/m1/s1. The van der Waals surface area contributed by atoms with Crippen molar-refractivity contribution in [3.8, 4) is 0 Å². The Labute approximate surface area is 159 Å². The molecule has 26 heavy (non-hydrogen) atoms. The molecule has 4 fully saturated rings. The van der Waals surface area contributed by atoms with Crippen LogP contribution in [0.4, 0.5) is 0 Å². The van der Waals surface area contributed by atoms with Gasteiger partial charge in [0.2, 0.25) is 0 Å². The quantitative estimate of drug-likeness (QED) is 0.694. The van der Waals surface area contributed by atoms with Crippen LogP contribution in [0.3, 0.4) is 0 Å². The van der Waals surface area contributed by atoms with Crippen molar-refractivity contribution in [3.05, 3.63) is 0 Å². The SMILES string of the molecule is CC[C@@H](C)C1CCC2CC3C([C@H](O)[C@@]21C)[C@@]1(C)CC[C@@H](O)CC1C[C@H]3O. The first-order chi connectivity index (χ1) is 12.2. The summed E-state index contributed by atoms with van der Waals surface area (Å²) in [6.45, 7) is 9.39. The molecule has 0 aromatic rings. The maximum atomic E-state index is 11.9. The highest BCUT2D eigenvalue weighted by Gasteiger charge is 2.65. The van der Waals surface area contributed by atoms with E-state index in [1.165, 1.54) is 19.3 Å². The molecule has 0 aliphatic heterocycles. The maximum absolute atomic E-state index is 11.9. The lowest BCUT2D eigenvalue weighted by molar-refractivity contribution is -0.222. The molecule has 5 unspecified atom stereocenters. The zero-order valence-corrected chi connectivity index (χ0v) is 17.2. The van der Waals surface area contributed by atoms with E-state index in [9.17, 15) is 15.3 Å². The van der Waals surface area contributed by atoms with E-state index in [1.807, 2.05) is 0 Å². The Kier molecular flexibility index (Phi) is 4.77. The summed E-state index contributed by atoms with van der Waals surface area (Å²) in [5.74, 6) is 2.60. The first kappa shape index (κ1) is 19.2. The van der Waals surface area contributed by atoms with Crippen molar-refractivity contribution in [2.45, 2.75) is 97.4 Å². The van der Waals surface area contributed by atoms with E-state index >= 15 is 0 Å². The van der Waals surface area contributed by atoms with Crippen LogP contribution in [-0.4, -0.2) is 33.6 Å². The molecule has 11 atom stereocenters. The molecule has 0 radical (unpaired) electrons. The van der Waals surface area contributed by atoms with Gasteiger partial charge in [0, 0.05) is 0 Å². The van der Waals surface area contributed by atoms with Crippen molar-refractivity contribution in [2.24, 2.45) is 46.3 Å². The second-order valence-electron chi connectivity index (χ2n) is 10.9. The zero-order chi connectivity index (χ0) is 18.9. The minimum Gasteiger partial charge on any atom is -0.393 e. The van der Waals surface area contributed by atoms with Crippen LogP contribution < -0.4 is 0 Å². The molecule has 0 bridgehead atoms. The van der Waals surface area contributed by atoms with Crippen molar-refractivity contribution in [3.63, 3.8) is 0 Å². The highest BCUT2D eigenvalue weighted by Crippen LogP contribution is 2.67. The molecule has 0 saturated heterocycles. The van der Waals surface area contributed by atoms with Gasteiger partial charge in [0.1, 0.15) is 0 Å². The first-order valence-corrected chi connectivity index (χ1v) is 11.3. The first-order valence-electron chi connectivity index (χ1n) is 11.3. The van der Waals surface area contributed by atoms with Crippen LogP contribution in [0.15, 0.2) is 0 Å². The van der Waals surface area contributed by atoms with Gasteiger partial charge in [-0.1, -0.05) is 34.1 Å². The molecule has 0 aromatic carbocycles. The van der Waals surface area contributed by atoms with Crippen molar-refractivity contribution >= 4 is 0 Å². The van der Waals surface area contributed by atoms with Crippen LogP contribution in [0.5, 0.6) is 0 Å². The highest BCUT2D eigenvalue weighted by atomic mass is 16.3. The average molecular weight is 365 g/mol. The van der Waals surface area contributed by atoms with Crippen molar-refractivity contribution in [1.29, 1.82) is 0 Å². The Balaban J connectivity index is 1.71. The van der Waals surface area contributed by atoms with Crippen LogP contribution >= 0.6 is 0 Å². The average Bonchev–Trinajstić information content (AvgIpc) is 2.94. The third kappa shape index (κ3) is 2.49. The van der Waals surface area contributed by atoms with Gasteiger partial charge in [-0.15, -0.1) is 0 Å². The lowest BCUT2D eigenvalue weighted by atomic mass is 9.43. The molecular weight excluding hydrogens is 324 g/mol. The van der Waals surface area contributed by atoms with Crippen LogP contribution in [0.2, 0.25) is 0 Å². The van der Waals surface area contributed by atoms with Crippen molar-refractivity contribution in [2.75, 3.05) is 0 Å². The molecular formula is C23H40O3.